The van der Waals surface area contributed by atoms with Gasteiger partial charge in [-0.05, 0) is 50.3 Å². The topological polar surface area (TPSA) is 64.4 Å². The normalized spacial score (nSPS) is 24.9. The summed E-state index contributed by atoms with van der Waals surface area (Å²) in [5.74, 6) is 0.218. The standard InChI is InChI=1S/C19H22F3N3O3S/c1-12-18(10-24(2)23-12)29(26,27)25-15-7-6-13(8-15)17(25)11-28-16-5-3-4-14(9-16)19(20,21)22/h3-5,9-10,13,15,17H,6-8,11H2,1-2H3/t13-,15-,17-/m0/s1. The quantitative estimate of drug-likeness (QED) is 0.731. The SMILES string of the molecule is Cc1nn(C)cc1S(=O)(=O)N1[C@H]2CC[C@@H](C2)[C@@H]1COc1cccc(C(F)(F)F)c1. The Bertz CT molecular complexity index is 1020. The molecular weight excluding hydrogens is 407 g/mol. The van der Waals surface area contributed by atoms with Gasteiger partial charge in [0.25, 0.3) is 0 Å². The highest BCUT2D eigenvalue weighted by atomic mass is 32.2. The number of sulfonamides is 1. The monoisotopic (exact) mass is 429 g/mol. The predicted molar refractivity (Wildman–Crippen MR) is 98.8 cm³/mol. The summed E-state index contributed by atoms with van der Waals surface area (Å²) in [6.45, 7) is 1.66. The fourth-order valence-corrected chi connectivity index (χ4v) is 6.62. The zero-order chi connectivity index (χ0) is 21.0. The minimum Gasteiger partial charge on any atom is -0.492 e. The van der Waals surface area contributed by atoms with Crippen molar-refractivity contribution in [1.29, 1.82) is 0 Å². The number of aryl methyl sites for hydroxylation is 2. The van der Waals surface area contributed by atoms with E-state index in [-0.39, 0.29) is 29.2 Å². The number of ether oxygens (including phenoxy) is 1. The number of rotatable bonds is 5. The Hall–Kier alpha value is -2.07. The third kappa shape index (κ3) is 3.63. The van der Waals surface area contributed by atoms with Gasteiger partial charge in [0.1, 0.15) is 17.3 Å². The lowest BCUT2D eigenvalue weighted by Crippen LogP contribution is -2.47. The van der Waals surface area contributed by atoms with Gasteiger partial charge >= 0.3 is 6.18 Å². The number of halogens is 3. The van der Waals surface area contributed by atoms with Crippen molar-refractivity contribution < 1.29 is 26.3 Å². The van der Waals surface area contributed by atoms with Crippen molar-refractivity contribution >= 4 is 10.0 Å². The van der Waals surface area contributed by atoms with Crippen LogP contribution in [0.2, 0.25) is 0 Å². The smallest absolute Gasteiger partial charge is 0.416 e. The molecule has 0 amide bonds. The summed E-state index contributed by atoms with van der Waals surface area (Å²) in [5, 5.41) is 4.14. The van der Waals surface area contributed by atoms with E-state index in [0.29, 0.717) is 5.69 Å². The molecule has 1 aliphatic carbocycles. The van der Waals surface area contributed by atoms with E-state index < -0.39 is 27.8 Å². The van der Waals surface area contributed by atoms with Crippen LogP contribution in [0, 0.1) is 12.8 Å². The van der Waals surface area contributed by atoms with E-state index in [1.807, 2.05) is 0 Å². The van der Waals surface area contributed by atoms with Gasteiger partial charge in [-0.1, -0.05) is 6.07 Å². The molecule has 2 aliphatic rings. The molecule has 29 heavy (non-hydrogen) atoms. The summed E-state index contributed by atoms with van der Waals surface area (Å²) < 4.78 is 74.1. The summed E-state index contributed by atoms with van der Waals surface area (Å²) in [6.07, 6.45) is -0.557. The van der Waals surface area contributed by atoms with Gasteiger partial charge in [0.05, 0.1) is 17.3 Å². The van der Waals surface area contributed by atoms with Crippen molar-refractivity contribution in [2.75, 3.05) is 6.61 Å². The van der Waals surface area contributed by atoms with E-state index in [1.54, 1.807) is 14.0 Å². The van der Waals surface area contributed by atoms with Crippen LogP contribution in [0.5, 0.6) is 5.75 Å². The molecule has 1 aromatic carbocycles. The number of benzene rings is 1. The highest BCUT2D eigenvalue weighted by molar-refractivity contribution is 7.89. The first-order valence-corrected chi connectivity index (χ1v) is 10.8. The van der Waals surface area contributed by atoms with Crippen LogP contribution in [0.4, 0.5) is 13.2 Å². The molecule has 0 unspecified atom stereocenters. The largest absolute Gasteiger partial charge is 0.492 e. The van der Waals surface area contributed by atoms with Crippen LogP contribution in [0.15, 0.2) is 35.4 Å². The molecule has 0 N–H and O–H groups in total. The number of hydrogen-bond acceptors (Lipinski definition) is 4. The number of aromatic nitrogens is 2. The van der Waals surface area contributed by atoms with E-state index in [4.69, 9.17) is 4.74 Å². The summed E-state index contributed by atoms with van der Waals surface area (Å²) in [5.41, 5.74) is -0.369. The maximum atomic E-state index is 13.3. The molecule has 10 heteroatoms. The molecule has 1 saturated heterocycles. The van der Waals surface area contributed by atoms with Gasteiger partial charge in [-0.2, -0.15) is 22.6 Å². The molecule has 6 nitrogen and oxygen atoms in total. The first-order valence-electron chi connectivity index (χ1n) is 9.41. The zero-order valence-electron chi connectivity index (χ0n) is 16.1. The third-order valence-corrected chi connectivity index (χ3v) is 7.86. The summed E-state index contributed by atoms with van der Waals surface area (Å²) in [6, 6.07) is 4.13. The molecule has 2 fully saturated rings. The molecule has 158 valence electrons. The van der Waals surface area contributed by atoms with Crippen LogP contribution >= 0.6 is 0 Å². The second-order valence-electron chi connectivity index (χ2n) is 7.72. The Kier molecular flexibility index (Phi) is 4.89. The highest BCUT2D eigenvalue weighted by Crippen LogP contribution is 2.45. The van der Waals surface area contributed by atoms with E-state index >= 15 is 0 Å². The maximum absolute atomic E-state index is 13.3. The van der Waals surface area contributed by atoms with Crippen LogP contribution in [-0.2, 0) is 23.2 Å². The molecule has 3 atom stereocenters. The van der Waals surface area contributed by atoms with Crippen molar-refractivity contribution in [3.63, 3.8) is 0 Å². The first kappa shape index (κ1) is 20.2. The van der Waals surface area contributed by atoms with Gasteiger partial charge in [0.2, 0.25) is 10.0 Å². The van der Waals surface area contributed by atoms with Crippen molar-refractivity contribution in [1.82, 2.24) is 14.1 Å². The molecule has 0 spiro atoms. The number of hydrogen-bond donors (Lipinski definition) is 0. The highest BCUT2D eigenvalue weighted by Gasteiger charge is 2.52. The molecule has 1 aliphatic heterocycles. The van der Waals surface area contributed by atoms with Gasteiger partial charge in [0, 0.05) is 19.3 Å². The van der Waals surface area contributed by atoms with E-state index in [2.05, 4.69) is 5.10 Å². The average molecular weight is 429 g/mol. The second kappa shape index (κ2) is 7.02. The number of fused-ring (bicyclic) bond motifs is 2. The lowest BCUT2D eigenvalue weighted by Gasteiger charge is -2.34. The lowest BCUT2D eigenvalue weighted by atomic mass is 10.0. The summed E-state index contributed by atoms with van der Waals surface area (Å²) in [7, 11) is -2.11. The van der Waals surface area contributed by atoms with Gasteiger partial charge in [0.15, 0.2) is 0 Å². The molecule has 2 aromatic rings. The van der Waals surface area contributed by atoms with Gasteiger partial charge in [-0.25, -0.2) is 8.42 Å². The number of nitrogens with zero attached hydrogens (tertiary/aromatic N) is 3. The second-order valence-corrected chi connectivity index (χ2v) is 9.53. The molecule has 1 saturated carbocycles. The zero-order valence-corrected chi connectivity index (χ0v) is 16.9. The van der Waals surface area contributed by atoms with Crippen LogP contribution in [0.25, 0.3) is 0 Å². The predicted octanol–water partition coefficient (Wildman–Crippen LogP) is 3.37. The lowest BCUT2D eigenvalue weighted by molar-refractivity contribution is -0.137. The number of piperidine rings is 1. The Morgan fingerprint density at radius 3 is 2.69 bits per heavy atom. The fourth-order valence-electron chi connectivity index (χ4n) is 4.52. The van der Waals surface area contributed by atoms with Crippen LogP contribution in [-0.4, -0.2) is 41.2 Å². The van der Waals surface area contributed by atoms with Crippen molar-refractivity contribution in [3.8, 4) is 5.75 Å². The molecular formula is C19H22F3N3O3S. The Balaban J connectivity index is 1.58. The van der Waals surface area contributed by atoms with Gasteiger partial charge in [-0.15, -0.1) is 0 Å². The summed E-state index contributed by atoms with van der Waals surface area (Å²) >= 11 is 0. The van der Waals surface area contributed by atoms with E-state index in [9.17, 15) is 21.6 Å². The Labute approximate surface area is 167 Å². The molecule has 1 aromatic heterocycles. The number of alkyl halides is 3. The van der Waals surface area contributed by atoms with Crippen LogP contribution in [0.3, 0.4) is 0 Å². The Morgan fingerprint density at radius 1 is 1.28 bits per heavy atom. The molecule has 2 heterocycles. The minimum atomic E-state index is -4.46. The molecule has 0 radical (unpaired) electrons. The van der Waals surface area contributed by atoms with E-state index in [0.717, 1.165) is 31.4 Å². The maximum Gasteiger partial charge on any atom is 0.416 e. The first-order chi connectivity index (χ1) is 13.6. The van der Waals surface area contributed by atoms with Gasteiger partial charge in [-0.3, -0.25) is 4.68 Å². The van der Waals surface area contributed by atoms with Crippen molar-refractivity contribution in [2.24, 2.45) is 13.0 Å². The molecule has 2 bridgehead atoms. The summed E-state index contributed by atoms with van der Waals surface area (Å²) in [4.78, 5) is 0.164. The van der Waals surface area contributed by atoms with Crippen LogP contribution < -0.4 is 4.74 Å². The third-order valence-electron chi connectivity index (χ3n) is 5.78. The van der Waals surface area contributed by atoms with E-state index in [1.165, 1.54) is 27.3 Å². The van der Waals surface area contributed by atoms with Crippen molar-refractivity contribution in [2.45, 2.75) is 49.3 Å². The van der Waals surface area contributed by atoms with Gasteiger partial charge < -0.3 is 4.74 Å². The minimum absolute atomic E-state index is 0.0149. The van der Waals surface area contributed by atoms with Crippen LogP contribution in [0.1, 0.15) is 30.5 Å². The Morgan fingerprint density at radius 2 is 2.03 bits per heavy atom. The average Bonchev–Trinajstić information content (AvgIpc) is 3.33. The van der Waals surface area contributed by atoms with Crippen molar-refractivity contribution in [3.05, 3.63) is 41.7 Å². The molecule has 4 rings (SSSR count). The fraction of sp³-hybridized carbons (Fsp3) is 0.526.